The van der Waals surface area contributed by atoms with E-state index in [0.717, 1.165) is 18.2 Å². The molecule has 19 heavy (non-hydrogen) atoms. The summed E-state index contributed by atoms with van der Waals surface area (Å²) < 4.78 is 65.0. The van der Waals surface area contributed by atoms with Crippen LogP contribution in [0.3, 0.4) is 0 Å². The van der Waals surface area contributed by atoms with Gasteiger partial charge >= 0.3 is 6.18 Å². The van der Waals surface area contributed by atoms with Gasteiger partial charge in [-0.1, -0.05) is 6.07 Å². The zero-order valence-electron chi connectivity index (χ0n) is 9.26. The minimum absolute atomic E-state index is 0.259. The van der Waals surface area contributed by atoms with Crippen molar-refractivity contribution >= 4 is 11.3 Å². The van der Waals surface area contributed by atoms with Crippen molar-refractivity contribution < 1.29 is 22.0 Å². The minimum atomic E-state index is -4.70. The Morgan fingerprint density at radius 1 is 1.16 bits per heavy atom. The lowest BCUT2D eigenvalue weighted by molar-refractivity contribution is -0.141. The van der Waals surface area contributed by atoms with Crippen molar-refractivity contribution in [1.29, 1.82) is 0 Å². The first-order chi connectivity index (χ1) is 8.84. The van der Waals surface area contributed by atoms with Gasteiger partial charge in [-0.2, -0.15) is 13.2 Å². The van der Waals surface area contributed by atoms with Gasteiger partial charge < -0.3 is 5.73 Å². The molecule has 8 heteroatoms. The summed E-state index contributed by atoms with van der Waals surface area (Å²) in [6.45, 7) is -0.400. The molecule has 1 heterocycles. The number of halogens is 5. The van der Waals surface area contributed by atoms with E-state index < -0.39 is 35.6 Å². The van der Waals surface area contributed by atoms with Gasteiger partial charge in [0, 0.05) is 6.54 Å². The maximum atomic E-state index is 13.5. The smallest absolute Gasteiger partial charge is 0.326 e. The lowest BCUT2D eigenvalue weighted by Gasteiger charge is -2.03. The molecule has 0 radical (unpaired) electrons. The van der Waals surface area contributed by atoms with Crippen LogP contribution in [0.2, 0.25) is 0 Å². The molecule has 2 aromatic rings. The summed E-state index contributed by atoms with van der Waals surface area (Å²) >= 11 is 0.532. The molecule has 0 amide bonds. The fourth-order valence-electron chi connectivity index (χ4n) is 1.52. The molecule has 0 aliphatic heterocycles. The van der Waals surface area contributed by atoms with Crippen LogP contribution in [0, 0.1) is 11.6 Å². The van der Waals surface area contributed by atoms with Crippen LogP contribution in [0.1, 0.15) is 10.6 Å². The maximum Gasteiger partial charge on any atom is 0.434 e. The van der Waals surface area contributed by atoms with Crippen molar-refractivity contribution in [2.45, 2.75) is 12.7 Å². The molecule has 0 fully saturated rings. The molecule has 0 aliphatic rings. The predicted octanol–water partition coefficient (Wildman–Crippen LogP) is 3.57. The van der Waals surface area contributed by atoms with Crippen molar-refractivity contribution in [3.05, 3.63) is 40.4 Å². The normalized spacial score (nSPS) is 11.9. The van der Waals surface area contributed by atoms with Gasteiger partial charge in [-0.3, -0.25) is 0 Å². The van der Waals surface area contributed by atoms with Crippen LogP contribution in [-0.2, 0) is 12.7 Å². The van der Waals surface area contributed by atoms with E-state index in [1.54, 1.807) is 0 Å². The standard InChI is InChI=1S/C11H7F5N2S/c12-5-2-1-3-6(13)8(5)10-18-9(11(14,15)16)7(4-17)19-10/h1-3H,4,17H2. The summed E-state index contributed by atoms with van der Waals surface area (Å²) in [6, 6.07) is 3.03. The third kappa shape index (κ3) is 2.59. The highest BCUT2D eigenvalue weighted by Crippen LogP contribution is 2.38. The number of nitrogens with zero attached hydrogens (tertiary/aromatic N) is 1. The number of benzene rings is 1. The van der Waals surface area contributed by atoms with Crippen LogP contribution in [0.25, 0.3) is 10.6 Å². The molecule has 1 aromatic heterocycles. The topological polar surface area (TPSA) is 38.9 Å². The summed E-state index contributed by atoms with van der Waals surface area (Å²) in [6.07, 6.45) is -4.70. The number of rotatable bonds is 2. The second kappa shape index (κ2) is 4.86. The highest BCUT2D eigenvalue weighted by Gasteiger charge is 2.37. The number of thiazole rings is 1. The zero-order chi connectivity index (χ0) is 14.2. The Kier molecular flexibility index (Phi) is 3.55. The third-order valence-corrected chi connectivity index (χ3v) is 3.42. The predicted molar refractivity (Wildman–Crippen MR) is 60.4 cm³/mol. The summed E-state index contributed by atoms with van der Waals surface area (Å²) in [5.74, 6) is -1.93. The molecular formula is C11H7F5N2S. The minimum Gasteiger partial charge on any atom is -0.326 e. The molecular weight excluding hydrogens is 287 g/mol. The Bertz CT molecular complexity index is 585. The van der Waals surface area contributed by atoms with Crippen molar-refractivity contribution in [2.75, 3.05) is 0 Å². The molecule has 0 saturated carbocycles. The van der Waals surface area contributed by atoms with E-state index in [0.29, 0.717) is 11.3 Å². The second-order valence-electron chi connectivity index (χ2n) is 3.59. The fraction of sp³-hybridized carbons (Fsp3) is 0.182. The van der Waals surface area contributed by atoms with E-state index >= 15 is 0 Å². The molecule has 102 valence electrons. The van der Waals surface area contributed by atoms with Crippen LogP contribution in [-0.4, -0.2) is 4.98 Å². The van der Waals surface area contributed by atoms with Crippen LogP contribution in [0.4, 0.5) is 22.0 Å². The molecule has 2 N–H and O–H groups in total. The molecule has 0 aliphatic carbocycles. The van der Waals surface area contributed by atoms with E-state index in [9.17, 15) is 22.0 Å². The van der Waals surface area contributed by atoms with Crippen LogP contribution < -0.4 is 5.73 Å². The van der Waals surface area contributed by atoms with Gasteiger partial charge in [0.05, 0.1) is 10.4 Å². The Morgan fingerprint density at radius 2 is 1.74 bits per heavy atom. The van der Waals surface area contributed by atoms with Gasteiger partial charge in [0.1, 0.15) is 16.6 Å². The fourth-order valence-corrected chi connectivity index (χ4v) is 2.53. The molecule has 1 aromatic carbocycles. The quantitative estimate of drug-likeness (QED) is 0.860. The lowest BCUT2D eigenvalue weighted by atomic mass is 10.2. The van der Waals surface area contributed by atoms with Crippen molar-refractivity contribution in [3.63, 3.8) is 0 Å². The van der Waals surface area contributed by atoms with E-state index in [-0.39, 0.29) is 9.88 Å². The molecule has 0 unspecified atom stereocenters. The molecule has 0 atom stereocenters. The average Bonchev–Trinajstić information content (AvgIpc) is 2.72. The van der Waals surface area contributed by atoms with E-state index in [1.165, 1.54) is 0 Å². The van der Waals surface area contributed by atoms with Gasteiger partial charge in [-0.25, -0.2) is 13.8 Å². The molecule has 2 rings (SSSR count). The second-order valence-corrected chi connectivity index (χ2v) is 4.67. The maximum absolute atomic E-state index is 13.5. The summed E-state index contributed by atoms with van der Waals surface area (Å²) in [4.78, 5) is 3.02. The van der Waals surface area contributed by atoms with Crippen molar-refractivity contribution in [3.8, 4) is 10.6 Å². The summed E-state index contributed by atoms with van der Waals surface area (Å²) in [7, 11) is 0. The van der Waals surface area contributed by atoms with Crippen LogP contribution >= 0.6 is 11.3 Å². The van der Waals surface area contributed by atoms with Crippen molar-refractivity contribution in [1.82, 2.24) is 4.98 Å². The van der Waals surface area contributed by atoms with E-state index in [2.05, 4.69) is 4.98 Å². The van der Waals surface area contributed by atoms with Crippen LogP contribution in [0.5, 0.6) is 0 Å². The number of hydrogen-bond acceptors (Lipinski definition) is 3. The summed E-state index contributed by atoms with van der Waals surface area (Å²) in [5.41, 5.74) is 3.43. The first kappa shape index (κ1) is 13.9. The van der Waals surface area contributed by atoms with Gasteiger partial charge in [0.25, 0.3) is 0 Å². The van der Waals surface area contributed by atoms with E-state index in [4.69, 9.17) is 5.73 Å². The van der Waals surface area contributed by atoms with Crippen molar-refractivity contribution in [2.24, 2.45) is 5.73 Å². The molecule has 0 bridgehead atoms. The number of aromatic nitrogens is 1. The van der Waals surface area contributed by atoms with E-state index in [1.807, 2.05) is 0 Å². The Labute approximate surface area is 108 Å². The van der Waals surface area contributed by atoms with Gasteiger partial charge in [-0.15, -0.1) is 11.3 Å². The van der Waals surface area contributed by atoms with Crippen LogP contribution in [0.15, 0.2) is 18.2 Å². The highest BCUT2D eigenvalue weighted by molar-refractivity contribution is 7.15. The highest BCUT2D eigenvalue weighted by atomic mass is 32.1. The SMILES string of the molecule is NCc1sc(-c2c(F)cccc2F)nc1C(F)(F)F. The largest absolute Gasteiger partial charge is 0.434 e. The van der Waals surface area contributed by atoms with Gasteiger partial charge in [0.15, 0.2) is 5.69 Å². The number of nitrogens with two attached hydrogens (primary N) is 1. The van der Waals surface area contributed by atoms with Gasteiger partial charge in [0.2, 0.25) is 0 Å². The monoisotopic (exact) mass is 294 g/mol. The Hall–Kier alpha value is -1.54. The first-order valence-corrected chi connectivity index (χ1v) is 5.87. The lowest BCUT2D eigenvalue weighted by Crippen LogP contribution is -2.10. The molecule has 2 nitrogen and oxygen atoms in total. The first-order valence-electron chi connectivity index (χ1n) is 5.06. The number of hydrogen-bond donors (Lipinski definition) is 1. The average molecular weight is 294 g/mol. The third-order valence-electron chi connectivity index (χ3n) is 2.33. The zero-order valence-corrected chi connectivity index (χ0v) is 10.1. The Morgan fingerprint density at radius 3 is 2.16 bits per heavy atom. The molecule has 0 saturated heterocycles. The Balaban J connectivity index is 2.62. The summed E-state index contributed by atoms with van der Waals surface area (Å²) in [5, 5.41) is -0.372. The molecule has 0 spiro atoms. The number of alkyl halides is 3. The van der Waals surface area contributed by atoms with Gasteiger partial charge in [-0.05, 0) is 12.1 Å².